The molecule has 0 atom stereocenters. The molecule has 0 saturated heterocycles. The van der Waals surface area contributed by atoms with Crippen LogP contribution in [0.2, 0.25) is 0 Å². The number of nitrogen functional groups attached to an aromatic ring is 1. The number of aromatic nitrogens is 4. The Morgan fingerprint density at radius 3 is 2.21 bits per heavy atom. The SMILES string of the molecule is Cc1nn(-c2ccc(S(C)(=O)=O)cc2)cc1Nc1nc(C)c(C(F)(F)F)c(N)n1. The minimum absolute atomic E-state index is 0.0944. The van der Waals surface area contributed by atoms with Crippen molar-refractivity contribution >= 4 is 27.3 Å². The molecular weight excluding hydrogens is 409 g/mol. The van der Waals surface area contributed by atoms with Crippen LogP contribution in [0, 0.1) is 13.8 Å². The zero-order valence-corrected chi connectivity index (χ0v) is 16.4. The van der Waals surface area contributed by atoms with Crippen LogP contribution in [-0.2, 0) is 16.0 Å². The molecule has 12 heteroatoms. The second-order valence-electron chi connectivity index (χ2n) is 6.35. The summed E-state index contributed by atoms with van der Waals surface area (Å²) in [6.45, 7) is 2.88. The smallest absolute Gasteiger partial charge is 0.383 e. The van der Waals surface area contributed by atoms with E-state index >= 15 is 0 Å². The second kappa shape index (κ2) is 7.03. The zero-order valence-electron chi connectivity index (χ0n) is 15.6. The molecule has 0 spiro atoms. The van der Waals surface area contributed by atoms with Crippen molar-refractivity contribution < 1.29 is 21.6 Å². The number of rotatable bonds is 4. The Morgan fingerprint density at radius 1 is 1.07 bits per heavy atom. The molecule has 0 bridgehead atoms. The largest absolute Gasteiger partial charge is 0.421 e. The average molecular weight is 426 g/mol. The average Bonchev–Trinajstić information content (AvgIpc) is 2.93. The first kappa shape index (κ1) is 20.6. The molecule has 0 radical (unpaired) electrons. The van der Waals surface area contributed by atoms with Gasteiger partial charge in [-0.15, -0.1) is 0 Å². The second-order valence-corrected chi connectivity index (χ2v) is 8.37. The summed E-state index contributed by atoms with van der Waals surface area (Å²) in [6, 6.07) is 6.09. The predicted molar refractivity (Wildman–Crippen MR) is 101 cm³/mol. The van der Waals surface area contributed by atoms with Crippen molar-refractivity contribution in [2.45, 2.75) is 24.9 Å². The van der Waals surface area contributed by atoms with Crippen molar-refractivity contribution in [3.05, 3.63) is 47.4 Å². The summed E-state index contributed by atoms with van der Waals surface area (Å²) in [7, 11) is -3.32. The summed E-state index contributed by atoms with van der Waals surface area (Å²) in [5, 5.41) is 7.12. The maximum Gasteiger partial charge on any atom is 0.421 e. The number of hydrogen-bond donors (Lipinski definition) is 2. The normalized spacial score (nSPS) is 12.2. The van der Waals surface area contributed by atoms with Crippen LogP contribution < -0.4 is 11.1 Å². The molecule has 3 N–H and O–H groups in total. The van der Waals surface area contributed by atoms with Gasteiger partial charge in [-0.1, -0.05) is 0 Å². The number of sulfone groups is 1. The Balaban J connectivity index is 1.90. The third-order valence-electron chi connectivity index (χ3n) is 4.08. The van der Waals surface area contributed by atoms with E-state index in [1.54, 1.807) is 25.3 Å². The monoisotopic (exact) mass is 426 g/mol. The highest BCUT2D eigenvalue weighted by Gasteiger charge is 2.36. The Morgan fingerprint density at radius 2 is 1.69 bits per heavy atom. The van der Waals surface area contributed by atoms with E-state index < -0.39 is 27.4 Å². The topological polar surface area (TPSA) is 116 Å². The lowest BCUT2D eigenvalue weighted by Gasteiger charge is -2.13. The molecule has 3 rings (SSSR count). The minimum Gasteiger partial charge on any atom is -0.383 e. The molecule has 2 aromatic heterocycles. The molecule has 0 unspecified atom stereocenters. The zero-order chi connectivity index (χ0) is 21.6. The van der Waals surface area contributed by atoms with E-state index in [1.165, 1.54) is 23.7 Å². The summed E-state index contributed by atoms with van der Waals surface area (Å²) >= 11 is 0. The van der Waals surface area contributed by atoms with Crippen LogP contribution in [0.25, 0.3) is 5.69 Å². The van der Waals surface area contributed by atoms with Crippen molar-refractivity contribution in [1.82, 2.24) is 19.7 Å². The van der Waals surface area contributed by atoms with Crippen LogP contribution >= 0.6 is 0 Å². The van der Waals surface area contributed by atoms with Gasteiger partial charge in [-0.2, -0.15) is 23.3 Å². The highest BCUT2D eigenvalue weighted by molar-refractivity contribution is 7.90. The molecule has 0 aliphatic carbocycles. The van der Waals surface area contributed by atoms with Gasteiger partial charge in [0.15, 0.2) is 9.84 Å². The van der Waals surface area contributed by atoms with E-state index in [-0.39, 0.29) is 16.5 Å². The highest BCUT2D eigenvalue weighted by Crippen LogP contribution is 2.35. The third kappa shape index (κ3) is 4.31. The van der Waals surface area contributed by atoms with Gasteiger partial charge in [-0.25, -0.2) is 18.1 Å². The molecule has 1 aromatic carbocycles. The first-order valence-electron chi connectivity index (χ1n) is 8.21. The van der Waals surface area contributed by atoms with Crippen molar-refractivity contribution in [3.8, 4) is 5.69 Å². The lowest BCUT2D eigenvalue weighted by atomic mass is 10.2. The van der Waals surface area contributed by atoms with E-state index in [1.807, 2.05) is 0 Å². The summed E-state index contributed by atoms with van der Waals surface area (Å²) in [5.41, 5.74) is 5.67. The van der Waals surface area contributed by atoms with E-state index in [0.717, 1.165) is 6.26 Å². The van der Waals surface area contributed by atoms with Gasteiger partial charge in [0.25, 0.3) is 0 Å². The van der Waals surface area contributed by atoms with Crippen molar-refractivity contribution in [1.29, 1.82) is 0 Å². The first-order valence-corrected chi connectivity index (χ1v) is 10.1. The standard InChI is InChI=1S/C17H17F3N6O2S/c1-9-13(23-16-22-10(2)14(15(21)24-16)17(18,19)20)8-26(25-9)11-4-6-12(7-5-11)29(3,27)28/h4-8H,1-3H3,(H3,21,22,23,24). The van der Waals surface area contributed by atoms with Crippen molar-refractivity contribution in [3.63, 3.8) is 0 Å². The molecule has 0 amide bonds. The number of nitrogens with two attached hydrogens (primary N) is 1. The number of nitrogens with one attached hydrogen (secondary N) is 1. The summed E-state index contributed by atoms with van der Waals surface area (Å²) in [6.07, 6.45) is -1.96. The van der Waals surface area contributed by atoms with E-state index in [9.17, 15) is 21.6 Å². The molecule has 0 fully saturated rings. The number of aryl methyl sites for hydroxylation is 2. The Bertz CT molecular complexity index is 1150. The fourth-order valence-corrected chi connectivity index (χ4v) is 3.31. The van der Waals surface area contributed by atoms with Gasteiger partial charge in [-0.05, 0) is 38.1 Å². The van der Waals surface area contributed by atoms with Gasteiger partial charge in [0, 0.05) is 6.26 Å². The minimum atomic E-state index is -4.65. The quantitative estimate of drug-likeness (QED) is 0.659. The van der Waals surface area contributed by atoms with Crippen LogP contribution in [-0.4, -0.2) is 34.4 Å². The Labute approximate surface area is 164 Å². The number of anilines is 3. The van der Waals surface area contributed by atoms with Gasteiger partial charge in [-0.3, -0.25) is 0 Å². The summed E-state index contributed by atoms with van der Waals surface area (Å²) in [4.78, 5) is 7.69. The van der Waals surface area contributed by atoms with Crippen molar-refractivity contribution in [2.24, 2.45) is 0 Å². The summed E-state index contributed by atoms with van der Waals surface area (Å²) in [5.74, 6) is -0.767. The lowest BCUT2D eigenvalue weighted by Crippen LogP contribution is -2.15. The number of halogens is 3. The van der Waals surface area contributed by atoms with Gasteiger partial charge in [0.05, 0.1) is 33.9 Å². The van der Waals surface area contributed by atoms with Gasteiger partial charge < -0.3 is 11.1 Å². The maximum atomic E-state index is 13.0. The fraction of sp³-hybridized carbons (Fsp3) is 0.235. The van der Waals surface area contributed by atoms with Gasteiger partial charge in [0.1, 0.15) is 11.4 Å². The molecule has 154 valence electrons. The molecule has 2 heterocycles. The Kier molecular flexibility index (Phi) is 4.99. The molecule has 8 nitrogen and oxygen atoms in total. The molecule has 3 aromatic rings. The predicted octanol–water partition coefficient (Wildman–Crippen LogP) is 3.03. The molecule has 0 aliphatic heterocycles. The van der Waals surface area contributed by atoms with Gasteiger partial charge in [0.2, 0.25) is 5.95 Å². The van der Waals surface area contributed by atoms with Crippen LogP contribution in [0.3, 0.4) is 0 Å². The number of nitrogens with zero attached hydrogens (tertiary/aromatic N) is 4. The maximum absolute atomic E-state index is 13.0. The first-order chi connectivity index (χ1) is 13.4. The van der Waals surface area contributed by atoms with Crippen LogP contribution in [0.5, 0.6) is 0 Å². The fourth-order valence-electron chi connectivity index (χ4n) is 2.68. The lowest BCUT2D eigenvalue weighted by molar-refractivity contribution is -0.137. The molecule has 0 aliphatic rings. The van der Waals surface area contributed by atoms with Gasteiger partial charge >= 0.3 is 6.18 Å². The van der Waals surface area contributed by atoms with Crippen molar-refractivity contribution in [2.75, 3.05) is 17.3 Å². The molecule has 29 heavy (non-hydrogen) atoms. The number of benzene rings is 1. The number of hydrogen-bond acceptors (Lipinski definition) is 7. The summed E-state index contributed by atoms with van der Waals surface area (Å²) < 4.78 is 63.6. The Hall–Kier alpha value is -3.15. The van der Waals surface area contributed by atoms with Crippen LogP contribution in [0.15, 0.2) is 35.4 Å². The third-order valence-corrected chi connectivity index (χ3v) is 5.20. The van der Waals surface area contributed by atoms with Crippen LogP contribution in [0.4, 0.5) is 30.6 Å². The highest BCUT2D eigenvalue weighted by atomic mass is 32.2. The number of alkyl halides is 3. The van der Waals surface area contributed by atoms with E-state index in [0.29, 0.717) is 17.1 Å². The van der Waals surface area contributed by atoms with E-state index in [4.69, 9.17) is 5.73 Å². The molecular formula is C17H17F3N6O2S. The van der Waals surface area contributed by atoms with E-state index in [2.05, 4.69) is 20.4 Å². The molecule has 0 saturated carbocycles. The van der Waals surface area contributed by atoms with Crippen LogP contribution in [0.1, 0.15) is 17.0 Å².